The second-order valence-electron chi connectivity index (χ2n) is 6.17. The van der Waals surface area contributed by atoms with Gasteiger partial charge in [-0.05, 0) is 12.8 Å². The van der Waals surface area contributed by atoms with Gasteiger partial charge in [-0.3, -0.25) is 9.59 Å². The lowest BCUT2D eigenvalue weighted by Gasteiger charge is -2.15. The Balaban J connectivity index is 1.37. The summed E-state index contributed by atoms with van der Waals surface area (Å²) in [5.74, 6) is 1.28. The maximum absolute atomic E-state index is 11.9. The molecule has 2 amide bonds. The minimum Gasteiger partial charge on any atom is -0.441 e. The molecule has 6 heteroatoms. The van der Waals surface area contributed by atoms with Gasteiger partial charge < -0.3 is 14.6 Å². The molecule has 1 aliphatic rings. The second kappa shape index (κ2) is 8.46. The fraction of sp³-hybridized carbons (Fsp3) is 0.421. The van der Waals surface area contributed by atoms with E-state index in [2.05, 4.69) is 10.3 Å². The first-order valence-corrected chi connectivity index (χ1v) is 8.77. The topological polar surface area (TPSA) is 75.4 Å². The van der Waals surface area contributed by atoms with E-state index in [1.165, 1.54) is 0 Å². The van der Waals surface area contributed by atoms with E-state index < -0.39 is 0 Å². The van der Waals surface area contributed by atoms with Crippen LogP contribution in [0.3, 0.4) is 0 Å². The summed E-state index contributed by atoms with van der Waals surface area (Å²) < 4.78 is 5.68. The lowest BCUT2D eigenvalue weighted by atomic mass is 10.2. The van der Waals surface area contributed by atoms with E-state index in [-0.39, 0.29) is 11.8 Å². The Morgan fingerprint density at radius 2 is 1.88 bits per heavy atom. The molecule has 0 atom stereocenters. The molecule has 0 aliphatic carbocycles. The molecule has 0 unspecified atom stereocenters. The Labute approximate surface area is 147 Å². The smallest absolute Gasteiger partial charge is 0.224 e. The molecule has 0 spiro atoms. The number of carbonyl (C=O) groups is 2. The maximum Gasteiger partial charge on any atom is 0.224 e. The molecule has 2 aromatic rings. The number of aromatic nitrogens is 1. The molecule has 1 N–H and O–H groups in total. The molecule has 0 saturated carbocycles. The molecule has 0 radical (unpaired) electrons. The second-order valence-corrected chi connectivity index (χ2v) is 6.17. The molecule has 1 aliphatic heterocycles. The monoisotopic (exact) mass is 341 g/mol. The molecule has 1 aromatic carbocycles. The molecule has 1 saturated heterocycles. The van der Waals surface area contributed by atoms with Gasteiger partial charge in [-0.15, -0.1) is 0 Å². The highest BCUT2D eigenvalue weighted by Crippen LogP contribution is 2.20. The van der Waals surface area contributed by atoms with Crippen molar-refractivity contribution in [3.8, 4) is 11.3 Å². The average molecular weight is 341 g/mol. The van der Waals surface area contributed by atoms with Crippen LogP contribution < -0.4 is 5.32 Å². The molecule has 1 aromatic heterocycles. The van der Waals surface area contributed by atoms with Crippen LogP contribution >= 0.6 is 0 Å². The van der Waals surface area contributed by atoms with Crippen LogP contribution in [0.2, 0.25) is 0 Å². The fourth-order valence-electron chi connectivity index (χ4n) is 2.90. The number of nitrogens with zero attached hydrogens (tertiary/aromatic N) is 2. The highest BCUT2D eigenvalue weighted by molar-refractivity contribution is 5.79. The number of likely N-dealkylation sites (tertiary alicyclic amines) is 1. The first-order chi connectivity index (χ1) is 12.2. The number of oxazole rings is 1. The normalized spacial score (nSPS) is 13.8. The van der Waals surface area contributed by atoms with Gasteiger partial charge in [0, 0.05) is 44.5 Å². The number of carbonyl (C=O) groups excluding carboxylic acids is 2. The van der Waals surface area contributed by atoms with E-state index in [1.807, 2.05) is 35.2 Å². The van der Waals surface area contributed by atoms with Gasteiger partial charge in [0.05, 0.1) is 6.20 Å². The van der Waals surface area contributed by atoms with Crippen LogP contribution in [0.25, 0.3) is 11.3 Å². The van der Waals surface area contributed by atoms with Crippen molar-refractivity contribution in [1.82, 2.24) is 15.2 Å². The van der Waals surface area contributed by atoms with E-state index in [0.717, 1.165) is 31.5 Å². The summed E-state index contributed by atoms with van der Waals surface area (Å²) >= 11 is 0. The van der Waals surface area contributed by atoms with Crippen molar-refractivity contribution in [2.75, 3.05) is 19.6 Å². The number of benzene rings is 1. The van der Waals surface area contributed by atoms with Gasteiger partial charge in [-0.25, -0.2) is 4.98 Å². The predicted octanol–water partition coefficient (Wildman–Crippen LogP) is 2.40. The number of nitrogens with one attached hydrogen (secondary N) is 1. The van der Waals surface area contributed by atoms with Crippen molar-refractivity contribution in [2.24, 2.45) is 0 Å². The van der Waals surface area contributed by atoms with Gasteiger partial charge in [0.1, 0.15) is 0 Å². The minimum atomic E-state index is -0.0892. The number of rotatable bonds is 7. The van der Waals surface area contributed by atoms with Gasteiger partial charge in [-0.1, -0.05) is 30.3 Å². The third-order valence-electron chi connectivity index (χ3n) is 4.30. The third kappa shape index (κ3) is 4.92. The Bertz CT molecular complexity index is 706. The Hall–Kier alpha value is -2.63. The zero-order chi connectivity index (χ0) is 17.5. The molecule has 2 heterocycles. The number of hydrogen-bond acceptors (Lipinski definition) is 4. The van der Waals surface area contributed by atoms with Crippen molar-refractivity contribution in [1.29, 1.82) is 0 Å². The van der Waals surface area contributed by atoms with E-state index >= 15 is 0 Å². The molecule has 132 valence electrons. The van der Waals surface area contributed by atoms with Crippen LogP contribution in [0.1, 0.15) is 31.6 Å². The quantitative estimate of drug-likeness (QED) is 0.839. The summed E-state index contributed by atoms with van der Waals surface area (Å²) in [5.41, 5.74) is 0.964. The van der Waals surface area contributed by atoms with E-state index in [0.29, 0.717) is 37.5 Å². The van der Waals surface area contributed by atoms with Gasteiger partial charge in [0.25, 0.3) is 0 Å². The standard InChI is InChI=1S/C19H23N3O3/c23-17(20-11-10-19(24)22-12-4-5-13-22)8-9-18-21-14-16(25-18)15-6-2-1-3-7-15/h1-3,6-7,14H,4-5,8-13H2,(H,20,23). The van der Waals surface area contributed by atoms with Gasteiger partial charge >= 0.3 is 0 Å². The largest absolute Gasteiger partial charge is 0.441 e. The first kappa shape index (κ1) is 17.2. The summed E-state index contributed by atoms with van der Waals surface area (Å²) in [6.07, 6.45) is 4.95. The molecule has 0 bridgehead atoms. The minimum absolute atomic E-state index is 0.0892. The van der Waals surface area contributed by atoms with Gasteiger partial charge in [0.15, 0.2) is 11.7 Å². The molecular formula is C19H23N3O3. The maximum atomic E-state index is 11.9. The predicted molar refractivity (Wildman–Crippen MR) is 93.7 cm³/mol. The summed E-state index contributed by atoms with van der Waals surface area (Å²) in [6.45, 7) is 2.08. The SMILES string of the molecule is O=C(CCc1ncc(-c2ccccc2)o1)NCCC(=O)N1CCCC1. The zero-order valence-electron chi connectivity index (χ0n) is 14.2. The van der Waals surface area contributed by atoms with Gasteiger partial charge in [-0.2, -0.15) is 0 Å². The average Bonchev–Trinajstić information content (AvgIpc) is 3.32. The van der Waals surface area contributed by atoms with Crippen LogP contribution in [-0.2, 0) is 16.0 Å². The number of aryl methyl sites for hydroxylation is 1. The molecule has 1 fully saturated rings. The van der Waals surface area contributed by atoms with Crippen molar-refractivity contribution in [3.05, 3.63) is 42.4 Å². The molecule has 6 nitrogen and oxygen atoms in total. The van der Waals surface area contributed by atoms with Crippen LogP contribution in [0.5, 0.6) is 0 Å². The van der Waals surface area contributed by atoms with Crippen LogP contribution in [-0.4, -0.2) is 41.3 Å². The van der Waals surface area contributed by atoms with Gasteiger partial charge in [0.2, 0.25) is 11.8 Å². The summed E-state index contributed by atoms with van der Waals surface area (Å²) in [6, 6.07) is 9.73. The lowest BCUT2D eigenvalue weighted by Crippen LogP contribution is -2.32. The molecule has 25 heavy (non-hydrogen) atoms. The molecular weight excluding hydrogens is 318 g/mol. The van der Waals surface area contributed by atoms with Crippen LogP contribution in [0.4, 0.5) is 0 Å². The van der Waals surface area contributed by atoms with Crippen LogP contribution in [0.15, 0.2) is 40.9 Å². The number of amides is 2. The Kier molecular flexibility index (Phi) is 5.82. The fourth-order valence-corrected chi connectivity index (χ4v) is 2.90. The highest BCUT2D eigenvalue weighted by atomic mass is 16.4. The van der Waals surface area contributed by atoms with Crippen LogP contribution in [0, 0.1) is 0 Å². The van der Waals surface area contributed by atoms with E-state index in [1.54, 1.807) is 6.20 Å². The molecule has 3 rings (SSSR count). The summed E-state index contributed by atoms with van der Waals surface area (Å²) in [5, 5.41) is 2.79. The van der Waals surface area contributed by atoms with Crippen molar-refractivity contribution in [2.45, 2.75) is 32.1 Å². The Morgan fingerprint density at radius 3 is 2.64 bits per heavy atom. The zero-order valence-corrected chi connectivity index (χ0v) is 14.2. The van der Waals surface area contributed by atoms with E-state index in [9.17, 15) is 9.59 Å². The first-order valence-electron chi connectivity index (χ1n) is 8.77. The third-order valence-corrected chi connectivity index (χ3v) is 4.30. The highest BCUT2D eigenvalue weighted by Gasteiger charge is 2.17. The summed E-state index contributed by atoms with van der Waals surface area (Å²) in [4.78, 5) is 29.9. The number of hydrogen-bond donors (Lipinski definition) is 1. The van der Waals surface area contributed by atoms with Crippen molar-refractivity contribution < 1.29 is 14.0 Å². The van der Waals surface area contributed by atoms with Crippen molar-refractivity contribution in [3.63, 3.8) is 0 Å². The van der Waals surface area contributed by atoms with Crippen molar-refractivity contribution >= 4 is 11.8 Å². The Morgan fingerprint density at radius 1 is 1.12 bits per heavy atom. The lowest BCUT2D eigenvalue weighted by molar-refractivity contribution is -0.130. The summed E-state index contributed by atoms with van der Waals surface area (Å²) in [7, 11) is 0. The van der Waals surface area contributed by atoms with E-state index in [4.69, 9.17) is 4.42 Å².